The van der Waals surface area contributed by atoms with E-state index in [1.54, 1.807) is 6.08 Å². The number of methoxy groups -OCH3 is 1. The summed E-state index contributed by atoms with van der Waals surface area (Å²) in [4.78, 5) is 20.8. The first kappa shape index (κ1) is 22.6. The molecule has 0 fully saturated rings. The highest BCUT2D eigenvalue weighted by molar-refractivity contribution is 7.92. The summed E-state index contributed by atoms with van der Waals surface area (Å²) in [6.07, 6.45) is 3.04. The van der Waals surface area contributed by atoms with E-state index in [1.165, 1.54) is 26.4 Å². The molecule has 1 atom stereocenters. The van der Waals surface area contributed by atoms with E-state index in [-0.39, 0.29) is 28.3 Å². The molecule has 1 aliphatic heterocycles. The predicted molar refractivity (Wildman–Crippen MR) is 117 cm³/mol. The van der Waals surface area contributed by atoms with Crippen molar-refractivity contribution in [1.82, 2.24) is 9.97 Å². The average molecular weight is 471 g/mol. The normalized spacial score (nSPS) is 15.3. The van der Waals surface area contributed by atoms with Gasteiger partial charge >= 0.3 is 6.03 Å². The van der Waals surface area contributed by atoms with Crippen LogP contribution < -0.4 is 20.7 Å². The Hall–Kier alpha value is -3.12. The van der Waals surface area contributed by atoms with Gasteiger partial charge in [0.1, 0.15) is 23.5 Å². The molecule has 2 amide bonds. The molecule has 0 saturated heterocycles. The van der Waals surface area contributed by atoms with Gasteiger partial charge in [-0.2, -0.15) is 0 Å². The number of hydrogen-bond donors (Lipinski definition) is 4. The fourth-order valence-corrected chi connectivity index (χ4v) is 3.63. The van der Waals surface area contributed by atoms with Crippen molar-refractivity contribution in [3.63, 3.8) is 0 Å². The summed E-state index contributed by atoms with van der Waals surface area (Å²) < 4.78 is 45.8. The number of hydrogen-bond acceptors (Lipinski definition) is 7. The minimum atomic E-state index is -3.73. The van der Waals surface area contributed by atoms with Crippen LogP contribution in [0.3, 0.4) is 0 Å². The number of nitrogens with zero attached hydrogens (tertiary/aromatic N) is 2. The largest absolute Gasteiger partial charge is 0.496 e. The van der Waals surface area contributed by atoms with E-state index in [2.05, 4.69) is 30.6 Å². The number of fused-ring (bicyclic) bond motifs is 1. The number of aromatic nitrogens is 2. The molecule has 0 spiro atoms. The third-order valence-electron chi connectivity index (χ3n) is 4.29. The fourth-order valence-electron chi connectivity index (χ4n) is 2.80. The number of sulfonamides is 1. The van der Waals surface area contributed by atoms with Crippen LogP contribution in [0.25, 0.3) is 5.76 Å². The lowest BCUT2D eigenvalue weighted by Crippen LogP contribution is -2.25. The van der Waals surface area contributed by atoms with Crippen molar-refractivity contribution in [2.45, 2.75) is 19.9 Å². The maximum atomic E-state index is 14.8. The van der Waals surface area contributed by atoms with Gasteiger partial charge in [-0.3, -0.25) is 10.0 Å². The summed E-state index contributed by atoms with van der Waals surface area (Å²) in [5.41, 5.74) is -0.314. The quantitative estimate of drug-likeness (QED) is 0.507. The van der Waals surface area contributed by atoms with Gasteiger partial charge in [-0.15, -0.1) is 0 Å². The SMILES string of the molecule is CCS(=O)(=O)Nc1ccc(Cl)c(NC(=O)Nc2ncnc3c2C(OC)=CC(C)N3)c1F. The number of nitrogens with one attached hydrogen (secondary N) is 4. The van der Waals surface area contributed by atoms with Crippen molar-refractivity contribution in [1.29, 1.82) is 0 Å². The van der Waals surface area contributed by atoms with E-state index in [0.717, 1.165) is 6.07 Å². The van der Waals surface area contributed by atoms with Crippen molar-refractivity contribution >= 4 is 56.4 Å². The molecular formula is C18H20ClFN6O4S. The number of amides is 2. The number of halogens is 2. The summed E-state index contributed by atoms with van der Waals surface area (Å²) in [7, 11) is -2.26. The summed E-state index contributed by atoms with van der Waals surface area (Å²) in [6.45, 7) is 3.30. The van der Waals surface area contributed by atoms with Gasteiger partial charge in [-0.1, -0.05) is 11.6 Å². The second-order valence-corrected chi connectivity index (χ2v) is 8.90. The molecule has 31 heavy (non-hydrogen) atoms. The van der Waals surface area contributed by atoms with Crippen LogP contribution in [0, 0.1) is 5.82 Å². The van der Waals surface area contributed by atoms with Gasteiger partial charge < -0.3 is 15.4 Å². The van der Waals surface area contributed by atoms with E-state index in [4.69, 9.17) is 16.3 Å². The lowest BCUT2D eigenvalue weighted by Gasteiger charge is -2.23. The highest BCUT2D eigenvalue weighted by Gasteiger charge is 2.24. The van der Waals surface area contributed by atoms with Crippen molar-refractivity contribution in [3.05, 3.63) is 40.9 Å². The molecule has 4 N–H and O–H groups in total. The minimum Gasteiger partial charge on any atom is -0.496 e. The summed E-state index contributed by atoms with van der Waals surface area (Å²) in [6, 6.07) is 1.52. The first-order valence-electron chi connectivity index (χ1n) is 9.09. The molecule has 166 valence electrons. The van der Waals surface area contributed by atoms with Crippen LogP contribution in [0.5, 0.6) is 0 Å². The third-order valence-corrected chi connectivity index (χ3v) is 5.89. The Morgan fingerprint density at radius 2 is 2.06 bits per heavy atom. The second-order valence-electron chi connectivity index (χ2n) is 6.48. The van der Waals surface area contributed by atoms with E-state index in [1.807, 2.05) is 6.92 Å². The van der Waals surface area contributed by atoms with Crippen molar-refractivity contribution in [2.75, 3.05) is 33.5 Å². The third kappa shape index (κ3) is 4.97. The second kappa shape index (κ2) is 8.94. The predicted octanol–water partition coefficient (Wildman–Crippen LogP) is 3.48. The Kier molecular flexibility index (Phi) is 6.51. The van der Waals surface area contributed by atoms with Crippen LogP contribution in [-0.4, -0.2) is 43.3 Å². The average Bonchev–Trinajstić information content (AvgIpc) is 2.72. The molecule has 1 unspecified atom stereocenters. The topological polar surface area (TPSA) is 134 Å². The van der Waals surface area contributed by atoms with Gasteiger partial charge in [0, 0.05) is 6.04 Å². The summed E-state index contributed by atoms with van der Waals surface area (Å²) in [5, 5.41) is 7.79. The van der Waals surface area contributed by atoms with Crippen LogP contribution in [0.15, 0.2) is 24.5 Å². The molecule has 2 aromatic rings. The number of ether oxygens (including phenoxy) is 1. The molecule has 1 aromatic heterocycles. The zero-order valence-corrected chi connectivity index (χ0v) is 18.4. The highest BCUT2D eigenvalue weighted by Crippen LogP contribution is 2.34. The Balaban J connectivity index is 1.87. The number of urea groups is 1. The Bertz CT molecular complexity index is 1160. The smallest absolute Gasteiger partial charge is 0.324 e. The zero-order chi connectivity index (χ0) is 22.8. The molecule has 3 rings (SSSR count). The van der Waals surface area contributed by atoms with Crippen LogP contribution in [-0.2, 0) is 14.8 Å². The van der Waals surface area contributed by atoms with E-state index in [0.29, 0.717) is 17.1 Å². The van der Waals surface area contributed by atoms with Gasteiger partial charge in [0.2, 0.25) is 10.0 Å². The van der Waals surface area contributed by atoms with E-state index < -0.39 is 27.6 Å². The molecule has 1 aliphatic rings. The number of rotatable bonds is 6. The van der Waals surface area contributed by atoms with Gasteiger partial charge in [0.05, 0.1) is 29.3 Å². The van der Waals surface area contributed by atoms with E-state index >= 15 is 0 Å². The van der Waals surface area contributed by atoms with Crippen molar-refractivity contribution < 1.29 is 22.3 Å². The maximum absolute atomic E-state index is 14.8. The molecular weight excluding hydrogens is 451 g/mol. The first-order chi connectivity index (χ1) is 14.6. The van der Waals surface area contributed by atoms with E-state index in [9.17, 15) is 17.6 Å². The molecule has 1 aromatic carbocycles. The molecule has 0 bridgehead atoms. The van der Waals surface area contributed by atoms with Crippen LogP contribution in [0.4, 0.5) is 32.2 Å². The van der Waals surface area contributed by atoms with Crippen molar-refractivity contribution in [3.8, 4) is 0 Å². The Morgan fingerprint density at radius 1 is 1.32 bits per heavy atom. The zero-order valence-electron chi connectivity index (χ0n) is 16.8. The first-order valence-corrected chi connectivity index (χ1v) is 11.1. The van der Waals surface area contributed by atoms with Crippen molar-refractivity contribution in [2.24, 2.45) is 0 Å². The molecule has 0 radical (unpaired) electrons. The number of anilines is 4. The molecule has 13 heteroatoms. The molecule has 10 nitrogen and oxygen atoms in total. The monoisotopic (exact) mass is 470 g/mol. The highest BCUT2D eigenvalue weighted by atomic mass is 35.5. The van der Waals surface area contributed by atoms with Gasteiger partial charge in [0.15, 0.2) is 11.6 Å². The number of benzene rings is 1. The maximum Gasteiger partial charge on any atom is 0.324 e. The Morgan fingerprint density at radius 3 is 2.74 bits per heavy atom. The van der Waals surface area contributed by atoms with Gasteiger partial charge in [-0.05, 0) is 32.1 Å². The summed E-state index contributed by atoms with van der Waals surface area (Å²) in [5.74, 6) is -0.250. The standard InChI is InChI=1S/C18H20ClFN6O4S/c1-4-31(28,29)26-11-6-5-10(19)15(14(11)20)24-18(27)25-17-13-12(30-3)7-9(2)23-16(13)21-8-22-17/h5-9,26H,4H2,1-3H3,(H3,21,22,23,24,25,27). The Labute approximate surface area is 183 Å². The number of carbonyl (C=O) groups is 1. The lowest BCUT2D eigenvalue weighted by atomic mass is 10.1. The number of carbonyl (C=O) groups excluding carboxylic acids is 1. The van der Waals surface area contributed by atoms with Crippen LogP contribution >= 0.6 is 11.6 Å². The fraction of sp³-hybridized carbons (Fsp3) is 0.278. The van der Waals surface area contributed by atoms with Gasteiger partial charge in [0.25, 0.3) is 0 Å². The minimum absolute atomic E-state index is 0.0541. The summed E-state index contributed by atoms with van der Waals surface area (Å²) >= 11 is 6.01. The van der Waals surface area contributed by atoms with Crippen LogP contribution in [0.1, 0.15) is 19.4 Å². The molecule has 0 saturated carbocycles. The lowest BCUT2D eigenvalue weighted by molar-refractivity contribution is 0.262. The van der Waals surface area contributed by atoms with Crippen LogP contribution in [0.2, 0.25) is 5.02 Å². The molecule has 2 heterocycles. The van der Waals surface area contributed by atoms with Gasteiger partial charge in [-0.25, -0.2) is 27.6 Å². The molecule has 0 aliphatic carbocycles.